The molecule has 0 aromatic carbocycles. The van der Waals surface area contributed by atoms with Crippen LogP contribution in [-0.4, -0.2) is 56.7 Å². The van der Waals surface area contributed by atoms with Gasteiger partial charge in [-0.1, -0.05) is 0 Å². The molecule has 2 aliphatic rings. The Labute approximate surface area is 185 Å². The van der Waals surface area contributed by atoms with Gasteiger partial charge >= 0.3 is 0 Å². The van der Waals surface area contributed by atoms with Gasteiger partial charge in [0.1, 0.15) is 17.9 Å². The van der Waals surface area contributed by atoms with E-state index in [4.69, 9.17) is 9.15 Å². The number of furan rings is 1. The minimum atomic E-state index is -0.315. The van der Waals surface area contributed by atoms with E-state index in [1.807, 2.05) is 13.8 Å². The summed E-state index contributed by atoms with van der Waals surface area (Å²) >= 11 is 0. The summed E-state index contributed by atoms with van der Waals surface area (Å²) in [7, 11) is 0. The number of nitrogens with zero attached hydrogens (tertiary/aromatic N) is 5. The number of nitrogens with one attached hydrogen (secondary N) is 2. The van der Waals surface area contributed by atoms with Gasteiger partial charge in [-0.25, -0.2) is 19.9 Å². The van der Waals surface area contributed by atoms with Crippen molar-refractivity contribution in [2.45, 2.75) is 58.3 Å². The number of amides is 1. The highest BCUT2D eigenvalue weighted by molar-refractivity contribution is 6.15. The number of ether oxygens (including phenoxy) is 1. The third-order valence-electron chi connectivity index (χ3n) is 5.91. The van der Waals surface area contributed by atoms with E-state index in [1.54, 1.807) is 19.3 Å². The lowest BCUT2D eigenvalue weighted by atomic mass is 10.1. The van der Waals surface area contributed by atoms with Crippen molar-refractivity contribution in [1.29, 1.82) is 0 Å². The number of hydrogen-bond acceptors (Lipinski definition) is 9. The van der Waals surface area contributed by atoms with Crippen molar-refractivity contribution in [2.75, 3.05) is 28.6 Å². The molecule has 168 valence electrons. The van der Waals surface area contributed by atoms with Gasteiger partial charge in [0.25, 0.3) is 5.91 Å². The number of aryl methyl sites for hydroxylation is 1. The normalized spacial score (nSPS) is 22.1. The van der Waals surface area contributed by atoms with Gasteiger partial charge in [-0.2, -0.15) is 0 Å². The number of hydrogen-bond donors (Lipinski definition) is 2. The first-order valence-corrected chi connectivity index (χ1v) is 10.9. The Kier molecular flexibility index (Phi) is 4.96. The van der Waals surface area contributed by atoms with E-state index in [-0.39, 0.29) is 23.7 Å². The Morgan fingerprint density at radius 1 is 1.12 bits per heavy atom. The van der Waals surface area contributed by atoms with Gasteiger partial charge in [0.15, 0.2) is 0 Å². The molecule has 1 amide bonds. The van der Waals surface area contributed by atoms with Crippen molar-refractivity contribution < 1.29 is 13.9 Å². The monoisotopic (exact) mass is 437 g/mol. The Morgan fingerprint density at radius 2 is 1.81 bits per heavy atom. The summed E-state index contributed by atoms with van der Waals surface area (Å²) in [5.41, 5.74) is 1.30. The van der Waals surface area contributed by atoms with Crippen molar-refractivity contribution in [3.63, 3.8) is 0 Å². The topological polar surface area (TPSA) is 118 Å². The number of carbonyl (C=O) groups excluding carboxylic acids is 1. The van der Waals surface area contributed by atoms with E-state index in [0.29, 0.717) is 39.9 Å². The number of carbonyl (C=O) groups is 1. The van der Waals surface area contributed by atoms with Crippen LogP contribution < -0.4 is 15.5 Å². The zero-order valence-electron chi connectivity index (χ0n) is 18.7. The van der Waals surface area contributed by atoms with Gasteiger partial charge in [0.05, 0.1) is 41.2 Å². The molecule has 0 radical (unpaired) electrons. The predicted molar refractivity (Wildman–Crippen MR) is 120 cm³/mol. The Balaban J connectivity index is 1.37. The number of anilines is 3. The van der Waals surface area contributed by atoms with Gasteiger partial charge in [0.2, 0.25) is 11.7 Å². The first kappa shape index (κ1) is 20.6. The van der Waals surface area contributed by atoms with Crippen molar-refractivity contribution in [1.82, 2.24) is 19.9 Å². The van der Waals surface area contributed by atoms with Crippen LogP contribution in [0.25, 0.3) is 11.1 Å². The summed E-state index contributed by atoms with van der Waals surface area (Å²) in [6, 6.07) is 0. The van der Waals surface area contributed by atoms with Crippen LogP contribution in [0.1, 0.15) is 49.7 Å². The van der Waals surface area contributed by atoms with Crippen LogP contribution in [0, 0.1) is 6.92 Å². The lowest BCUT2D eigenvalue weighted by molar-refractivity contribution is -0.00571. The van der Waals surface area contributed by atoms with Crippen molar-refractivity contribution in [3.05, 3.63) is 30.0 Å². The second-order valence-electron chi connectivity index (χ2n) is 9.01. The molecular weight excluding hydrogens is 410 g/mol. The zero-order valence-corrected chi connectivity index (χ0v) is 18.7. The van der Waals surface area contributed by atoms with E-state index in [1.165, 1.54) is 6.33 Å². The van der Waals surface area contributed by atoms with Crippen LogP contribution in [0.4, 0.5) is 17.5 Å². The molecule has 2 atom stereocenters. The van der Waals surface area contributed by atoms with Crippen LogP contribution in [-0.2, 0) is 4.74 Å². The first-order chi connectivity index (χ1) is 15.3. The molecule has 1 aliphatic carbocycles. The molecule has 0 unspecified atom stereocenters. The molecule has 2 fully saturated rings. The molecule has 0 bridgehead atoms. The molecule has 4 heterocycles. The van der Waals surface area contributed by atoms with Crippen LogP contribution in [0.15, 0.2) is 23.1 Å². The van der Waals surface area contributed by atoms with Crippen LogP contribution >= 0.6 is 0 Å². The molecule has 0 spiro atoms. The van der Waals surface area contributed by atoms with E-state index < -0.39 is 0 Å². The summed E-state index contributed by atoms with van der Waals surface area (Å²) in [5, 5.41) is 6.89. The maximum Gasteiger partial charge on any atom is 0.260 e. The molecule has 10 heteroatoms. The first-order valence-electron chi connectivity index (χ1n) is 10.9. The van der Waals surface area contributed by atoms with Crippen LogP contribution in [0.3, 0.4) is 0 Å². The van der Waals surface area contributed by atoms with E-state index in [2.05, 4.69) is 42.4 Å². The Morgan fingerprint density at radius 3 is 2.47 bits per heavy atom. The van der Waals surface area contributed by atoms with E-state index >= 15 is 0 Å². The van der Waals surface area contributed by atoms with Gasteiger partial charge in [-0.05, 0) is 40.5 Å². The summed E-state index contributed by atoms with van der Waals surface area (Å²) in [5.74, 6) is 1.40. The van der Waals surface area contributed by atoms with Crippen molar-refractivity contribution in [3.8, 4) is 0 Å². The van der Waals surface area contributed by atoms with Gasteiger partial charge in [-0.3, -0.25) is 4.79 Å². The minimum absolute atomic E-state index is 0.00163. The third kappa shape index (κ3) is 3.97. The maximum absolute atomic E-state index is 13.2. The number of fused-ring (bicyclic) bond motifs is 1. The lowest BCUT2D eigenvalue weighted by Gasteiger charge is -2.35. The molecule has 1 saturated carbocycles. The molecule has 3 aromatic rings. The van der Waals surface area contributed by atoms with Crippen molar-refractivity contribution >= 4 is 34.5 Å². The SMILES string of the molecule is Cc1oc2ncnc(NC3(C)CC3)c2c1C(=O)Nc1cnc(N2C[C@@H](C)O[C@@H](C)C2)nc1. The molecule has 1 aliphatic heterocycles. The quantitative estimate of drug-likeness (QED) is 0.620. The second-order valence-corrected chi connectivity index (χ2v) is 9.01. The van der Waals surface area contributed by atoms with Crippen LogP contribution in [0.2, 0.25) is 0 Å². The Hall–Kier alpha value is -3.27. The zero-order chi connectivity index (χ0) is 22.5. The summed E-state index contributed by atoms with van der Waals surface area (Å²) in [6.45, 7) is 9.40. The molecule has 1 saturated heterocycles. The van der Waals surface area contributed by atoms with Gasteiger partial charge in [-0.15, -0.1) is 0 Å². The average molecular weight is 438 g/mol. The van der Waals surface area contributed by atoms with E-state index in [0.717, 1.165) is 25.9 Å². The fourth-order valence-corrected chi connectivity index (χ4v) is 4.09. The molecule has 32 heavy (non-hydrogen) atoms. The van der Waals surface area contributed by atoms with Crippen molar-refractivity contribution in [2.24, 2.45) is 0 Å². The minimum Gasteiger partial charge on any atom is -0.442 e. The Bertz CT molecular complexity index is 1150. The second kappa shape index (κ2) is 7.70. The average Bonchev–Trinajstić information content (AvgIpc) is 3.35. The highest BCUT2D eigenvalue weighted by atomic mass is 16.5. The third-order valence-corrected chi connectivity index (χ3v) is 5.91. The summed E-state index contributed by atoms with van der Waals surface area (Å²) in [6.07, 6.45) is 7.01. The number of aromatic nitrogens is 4. The van der Waals surface area contributed by atoms with Gasteiger partial charge < -0.3 is 24.7 Å². The molecule has 5 rings (SSSR count). The highest BCUT2D eigenvalue weighted by Crippen LogP contribution is 2.40. The van der Waals surface area contributed by atoms with Crippen LogP contribution in [0.5, 0.6) is 0 Å². The lowest BCUT2D eigenvalue weighted by Crippen LogP contribution is -2.46. The largest absolute Gasteiger partial charge is 0.442 e. The number of rotatable bonds is 5. The standard InChI is InChI=1S/C22H27N7O3/c1-12-9-29(10-13(2)31-12)21-23-7-15(8-24-21)27-19(30)16-14(3)32-20-17(16)18(25-11-26-20)28-22(4)5-6-22/h7-8,11-13H,5-6,9-10H2,1-4H3,(H,27,30)(H,25,26,28)/t12-,13+. The predicted octanol–water partition coefficient (Wildman–Crippen LogP) is 3.15. The molecular formula is C22H27N7O3. The molecule has 3 aromatic heterocycles. The summed E-state index contributed by atoms with van der Waals surface area (Å²) < 4.78 is 11.5. The fourth-order valence-electron chi connectivity index (χ4n) is 4.09. The molecule has 10 nitrogen and oxygen atoms in total. The molecule has 2 N–H and O–H groups in total. The maximum atomic E-state index is 13.2. The van der Waals surface area contributed by atoms with Gasteiger partial charge in [0, 0.05) is 18.6 Å². The fraction of sp³-hybridized carbons (Fsp3) is 0.500. The number of morpholine rings is 1. The smallest absolute Gasteiger partial charge is 0.260 e. The highest BCUT2D eigenvalue weighted by Gasteiger charge is 2.38. The van der Waals surface area contributed by atoms with E-state index in [9.17, 15) is 4.79 Å². The summed E-state index contributed by atoms with van der Waals surface area (Å²) in [4.78, 5) is 32.7.